The summed E-state index contributed by atoms with van der Waals surface area (Å²) >= 11 is 0. The Balaban J connectivity index is 1.66. The maximum atomic E-state index is 12.6. The molecule has 0 bridgehead atoms. The minimum Gasteiger partial charge on any atom is -0.368 e. The predicted molar refractivity (Wildman–Crippen MR) is 88.3 cm³/mol. The summed E-state index contributed by atoms with van der Waals surface area (Å²) in [4.78, 5) is 26.6. The molecule has 1 N–H and O–H groups in total. The van der Waals surface area contributed by atoms with Crippen LogP contribution in [0.15, 0.2) is 24.3 Å². The third-order valence-corrected chi connectivity index (χ3v) is 4.54. The summed E-state index contributed by atoms with van der Waals surface area (Å²) < 4.78 is 5.38. The maximum absolute atomic E-state index is 12.6. The number of carbonyl (C=O) groups is 2. The van der Waals surface area contributed by atoms with Crippen LogP contribution in [0.3, 0.4) is 0 Å². The molecule has 0 spiro atoms. The van der Waals surface area contributed by atoms with E-state index < -0.39 is 0 Å². The van der Waals surface area contributed by atoms with E-state index in [1.807, 2.05) is 23.1 Å². The number of amides is 2. The first kappa shape index (κ1) is 16.0. The third kappa shape index (κ3) is 3.91. The van der Waals surface area contributed by atoms with Gasteiger partial charge in [-0.05, 0) is 49.8 Å². The topological polar surface area (TPSA) is 58.6 Å². The van der Waals surface area contributed by atoms with Gasteiger partial charge in [0.15, 0.2) is 0 Å². The van der Waals surface area contributed by atoms with Crippen molar-refractivity contribution >= 4 is 17.5 Å². The van der Waals surface area contributed by atoms with E-state index >= 15 is 0 Å². The summed E-state index contributed by atoms with van der Waals surface area (Å²) in [5, 5.41) is 2.86. The Kier molecular flexibility index (Phi) is 4.96. The molecule has 124 valence electrons. The molecule has 1 aromatic rings. The number of piperidine rings is 1. The summed E-state index contributed by atoms with van der Waals surface area (Å²) in [5.74, 6) is 0.471. The first-order valence-electron chi connectivity index (χ1n) is 8.45. The predicted octanol–water partition coefficient (Wildman–Crippen LogP) is 2.68. The van der Waals surface area contributed by atoms with E-state index in [1.165, 1.54) is 6.42 Å². The molecule has 23 heavy (non-hydrogen) atoms. The largest absolute Gasteiger partial charge is 0.368 e. The summed E-state index contributed by atoms with van der Waals surface area (Å²) in [5.41, 5.74) is 1.28. The highest BCUT2D eigenvalue weighted by Crippen LogP contribution is 2.20. The van der Waals surface area contributed by atoms with Gasteiger partial charge in [-0.2, -0.15) is 0 Å². The molecule has 5 heteroatoms. The minimum absolute atomic E-state index is 0.0461. The molecular weight excluding hydrogens is 292 g/mol. The molecule has 2 heterocycles. The number of hydrogen-bond acceptors (Lipinski definition) is 3. The molecule has 2 aliphatic rings. The van der Waals surface area contributed by atoms with Crippen molar-refractivity contribution < 1.29 is 14.3 Å². The first-order chi connectivity index (χ1) is 11.1. The smallest absolute Gasteiger partial charge is 0.253 e. The fourth-order valence-electron chi connectivity index (χ4n) is 3.29. The van der Waals surface area contributed by atoms with Gasteiger partial charge in [0.1, 0.15) is 6.10 Å². The van der Waals surface area contributed by atoms with Crippen molar-refractivity contribution in [3.05, 3.63) is 29.8 Å². The van der Waals surface area contributed by atoms with Gasteiger partial charge in [-0.3, -0.25) is 9.59 Å². The number of nitrogens with one attached hydrogen (secondary N) is 1. The lowest BCUT2D eigenvalue weighted by atomic mass is 9.99. The second-order valence-corrected chi connectivity index (χ2v) is 6.57. The molecule has 2 amide bonds. The Bertz CT molecular complexity index is 581. The standard InChI is InChI=1S/C18H24N2O3/c1-13-5-3-9-20(12-13)18(22)14-6-2-7-15(11-14)19-17(21)16-8-4-10-23-16/h2,6-7,11,13,16H,3-5,8-10,12H2,1H3,(H,19,21)/t13-,16-/m1/s1. The number of ether oxygens (including phenoxy) is 1. The van der Waals surface area contributed by atoms with Gasteiger partial charge in [-0.15, -0.1) is 0 Å². The SMILES string of the molecule is C[C@@H]1CCCN(C(=O)c2cccc(NC(=O)[C@H]3CCCO3)c2)C1. The van der Waals surface area contributed by atoms with Gasteiger partial charge in [0.25, 0.3) is 11.8 Å². The molecule has 2 atom stereocenters. The monoisotopic (exact) mass is 316 g/mol. The zero-order valence-corrected chi connectivity index (χ0v) is 13.6. The molecule has 0 aromatic heterocycles. The van der Waals surface area contributed by atoms with Crippen molar-refractivity contribution in [2.45, 2.75) is 38.7 Å². The molecule has 0 saturated carbocycles. The molecule has 0 unspecified atom stereocenters. The number of hydrogen-bond donors (Lipinski definition) is 1. The molecule has 0 aliphatic carbocycles. The van der Waals surface area contributed by atoms with Crippen LogP contribution in [-0.4, -0.2) is 42.5 Å². The van der Waals surface area contributed by atoms with Crippen molar-refractivity contribution in [2.75, 3.05) is 25.0 Å². The van der Waals surface area contributed by atoms with E-state index in [-0.39, 0.29) is 17.9 Å². The number of likely N-dealkylation sites (tertiary alicyclic amines) is 1. The number of carbonyl (C=O) groups excluding carboxylic acids is 2. The molecule has 2 fully saturated rings. The Labute approximate surface area is 137 Å². The summed E-state index contributed by atoms with van der Waals surface area (Å²) in [6.45, 7) is 4.45. The van der Waals surface area contributed by atoms with Crippen LogP contribution in [0, 0.1) is 5.92 Å². The lowest BCUT2D eigenvalue weighted by Crippen LogP contribution is -2.39. The Hall–Kier alpha value is -1.88. The van der Waals surface area contributed by atoms with E-state index in [0.29, 0.717) is 23.8 Å². The average Bonchev–Trinajstić information content (AvgIpc) is 3.09. The summed E-state index contributed by atoms with van der Waals surface area (Å²) in [7, 11) is 0. The van der Waals surface area contributed by atoms with Crippen molar-refractivity contribution in [1.29, 1.82) is 0 Å². The first-order valence-corrected chi connectivity index (χ1v) is 8.45. The van der Waals surface area contributed by atoms with Crippen molar-refractivity contribution in [2.24, 2.45) is 5.92 Å². The van der Waals surface area contributed by atoms with Gasteiger partial charge >= 0.3 is 0 Å². The van der Waals surface area contributed by atoms with Crippen LogP contribution in [0.5, 0.6) is 0 Å². The van der Waals surface area contributed by atoms with E-state index in [2.05, 4.69) is 12.2 Å². The van der Waals surface area contributed by atoms with Gasteiger partial charge in [-0.1, -0.05) is 13.0 Å². The highest BCUT2D eigenvalue weighted by Gasteiger charge is 2.25. The fraction of sp³-hybridized carbons (Fsp3) is 0.556. The second kappa shape index (κ2) is 7.13. The van der Waals surface area contributed by atoms with Gasteiger partial charge in [0, 0.05) is 30.9 Å². The Morgan fingerprint density at radius 2 is 2.13 bits per heavy atom. The van der Waals surface area contributed by atoms with E-state index in [1.54, 1.807) is 6.07 Å². The number of anilines is 1. The molecule has 5 nitrogen and oxygen atoms in total. The van der Waals surface area contributed by atoms with Gasteiger partial charge in [0.05, 0.1) is 0 Å². The van der Waals surface area contributed by atoms with Crippen molar-refractivity contribution in [3.8, 4) is 0 Å². The van der Waals surface area contributed by atoms with Crippen molar-refractivity contribution in [1.82, 2.24) is 4.90 Å². The van der Waals surface area contributed by atoms with Crippen molar-refractivity contribution in [3.63, 3.8) is 0 Å². The highest BCUT2D eigenvalue weighted by molar-refractivity contribution is 5.98. The van der Waals surface area contributed by atoms with Crippen LogP contribution >= 0.6 is 0 Å². The van der Waals surface area contributed by atoms with E-state index in [0.717, 1.165) is 32.4 Å². The maximum Gasteiger partial charge on any atom is 0.253 e. The van der Waals surface area contributed by atoms with E-state index in [4.69, 9.17) is 4.74 Å². The molecule has 3 rings (SSSR count). The average molecular weight is 316 g/mol. The molecule has 2 aliphatic heterocycles. The zero-order chi connectivity index (χ0) is 16.2. The normalized spacial score (nSPS) is 24.5. The lowest BCUT2D eigenvalue weighted by molar-refractivity contribution is -0.124. The lowest BCUT2D eigenvalue weighted by Gasteiger charge is -2.31. The minimum atomic E-state index is -0.364. The number of rotatable bonds is 3. The number of benzene rings is 1. The van der Waals surface area contributed by atoms with Crippen LogP contribution in [0.25, 0.3) is 0 Å². The van der Waals surface area contributed by atoms with Crippen LogP contribution in [0.1, 0.15) is 43.0 Å². The molecular formula is C18H24N2O3. The van der Waals surface area contributed by atoms with Crippen LogP contribution in [0.2, 0.25) is 0 Å². The van der Waals surface area contributed by atoms with E-state index in [9.17, 15) is 9.59 Å². The van der Waals surface area contributed by atoms with Crippen LogP contribution < -0.4 is 5.32 Å². The summed E-state index contributed by atoms with van der Waals surface area (Å²) in [6.07, 6.45) is 3.56. The highest BCUT2D eigenvalue weighted by atomic mass is 16.5. The van der Waals surface area contributed by atoms with Gasteiger partial charge < -0.3 is 15.0 Å². The zero-order valence-electron chi connectivity index (χ0n) is 13.6. The third-order valence-electron chi connectivity index (χ3n) is 4.54. The van der Waals surface area contributed by atoms with Crippen LogP contribution in [-0.2, 0) is 9.53 Å². The molecule has 2 saturated heterocycles. The second-order valence-electron chi connectivity index (χ2n) is 6.57. The van der Waals surface area contributed by atoms with Gasteiger partial charge in [-0.25, -0.2) is 0 Å². The van der Waals surface area contributed by atoms with Gasteiger partial charge in [0.2, 0.25) is 0 Å². The Morgan fingerprint density at radius 3 is 2.87 bits per heavy atom. The number of nitrogens with zero attached hydrogens (tertiary/aromatic N) is 1. The fourth-order valence-corrected chi connectivity index (χ4v) is 3.29. The summed E-state index contributed by atoms with van der Waals surface area (Å²) in [6, 6.07) is 7.19. The Morgan fingerprint density at radius 1 is 1.26 bits per heavy atom. The van der Waals surface area contributed by atoms with Crippen LogP contribution in [0.4, 0.5) is 5.69 Å². The molecule has 1 aromatic carbocycles. The molecule has 0 radical (unpaired) electrons. The quantitative estimate of drug-likeness (QED) is 0.932.